The van der Waals surface area contributed by atoms with E-state index in [2.05, 4.69) is 46.2 Å². The van der Waals surface area contributed by atoms with E-state index in [1.807, 2.05) is 12.1 Å². The van der Waals surface area contributed by atoms with Crippen molar-refractivity contribution < 1.29 is 4.79 Å². The third kappa shape index (κ3) is 3.83. The van der Waals surface area contributed by atoms with Crippen molar-refractivity contribution in [2.45, 2.75) is 45.1 Å². The van der Waals surface area contributed by atoms with Gasteiger partial charge in [-0.05, 0) is 61.6 Å². The number of rotatable bonds is 3. The number of para-hydroxylation sites is 1. The molecule has 2 heterocycles. The monoisotopic (exact) mass is 408 g/mol. The van der Waals surface area contributed by atoms with Crippen molar-refractivity contribution in [1.29, 1.82) is 0 Å². The van der Waals surface area contributed by atoms with Crippen LogP contribution in [0.25, 0.3) is 0 Å². The van der Waals surface area contributed by atoms with Gasteiger partial charge in [-0.1, -0.05) is 54.8 Å². The predicted molar refractivity (Wildman–Crippen MR) is 118 cm³/mol. The average molecular weight is 409 g/mol. The van der Waals surface area contributed by atoms with Crippen LogP contribution in [0, 0.1) is 11.3 Å². The summed E-state index contributed by atoms with van der Waals surface area (Å²) in [6.45, 7) is 3.97. The Hall–Kier alpha value is -1.84. The first-order chi connectivity index (χ1) is 14.1. The third-order valence-electron chi connectivity index (χ3n) is 7.15. The van der Waals surface area contributed by atoms with Crippen molar-refractivity contribution >= 4 is 23.2 Å². The Kier molecular flexibility index (Phi) is 5.13. The SMILES string of the molecule is O=C(C1CCCC1)N1CC2(CCN(Cc3ccc(Cl)cc3)C2)Cc2ccccc21. The van der Waals surface area contributed by atoms with Gasteiger partial charge in [-0.3, -0.25) is 9.69 Å². The van der Waals surface area contributed by atoms with Crippen LogP contribution in [-0.4, -0.2) is 30.4 Å². The molecule has 1 saturated carbocycles. The van der Waals surface area contributed by atoms with Crippen LogP contribution in [0.3, 0.4) is 0 Å². The van der Waals surface area contributed by atoms with Crippen LogP contribution in [0.15, 0.2) is 48.5 Å². The number of anilines is 1. The molecule has 0 aromatic heterocycles. The molecule has 1 amide bonds. The minimum absolute atomic E-state index is 0.176. The van der Waals surface area contributed by atoms with Gasteiger partial charge in [0.2, 0.25) is 5.91 Å². The molecule has 1 saturated heterocycles. The topological polar surface area (TPSA) is 23.6 Å². The largest absolute Gasteiger partial charge is 0.311 e. The Morgan fingerprint density at radius 2 is 1.79 bits per heavy atom. The Labute approximate surface area is 178 Å². The normalized spacial score (nSPS) is 24.9. The van der Waals surface area contributed by atoms with Gasteiger partial charge >= 0.3 is 0 Å². The van der Waals surface area contributed by atoms with E-state index >= 15 is 0 Å². The Morgan fingerprint density at radius 3 is 2.59 bits per heavy atom. The maximum Gasteiger partial charge on any atom is 0.230 e. The van der Waals surface area contributed by atoms with Crippen molar-refractivity contribution in [2.24, 2.45) is 11.3 Å². The zero-order valence-electron chi connectivity index (χ0n) is 16.9. The number of hydrogen-bond acceptors (Lipinski definition) is 2. The maximum atomic E-state index is 13.4. The van der Waals surface area contributed by atoms with Gasteiger partial charge in [0.05, 0.1) is 0 Å². The van der Waals surface area contributed by atoms with Gasteiger partial charge in [0.15, 0.2) is 0 Å². The second-order valence-electron chi connectivity index (χ2n) is 9.30. The first kappa shape index (κ1) is 19.1. The van der Waals surface area contributed by atoms with Gasteiger partial charge in [0.25, 0.3) is 0 Å². The molecule has 2 aromatic carbocycles. The molecule has 5 rings (SSSR count). The van der Waals surface area contributed by atoms with Gasteiger partial charge in [-0.2, -0.15) is 0 Å². The molecule has 2 aliphatic heterocycles. The molecule has 0 radical (unpaired) electrons. The Balaban J connectivity index is 1.36. The van der Waals surface area contributed by atoms with Crippen LogP contribution in [-0.2, 0) is 17.8 Å². The highest BCUT2D eigenvalue weighted by Gasteiger charge is 2.45. The highest BCUT2D eigenvalue weighted by molar-refractivity contribution is 6.30. The van der Waals surface area contributed by atoms with E-state index in [9.17, 15) is 4.79 Å². The van der Waals surface area contributed by atoms with Crippen LogP contribution in [0.2, 0.25) is 5.02 Å². The zero-order valence-corrected chi connectivity index (χ0v) is 17.7. The molecule has 1 unspecified atom stereocenters. The summed E-state index contributed by atoms with van der Waals surface area (Å²) >= 11 is 6.04. The van der Waals surface area contributed by atoms with E-state index in [0.717, 1.165) is 62.6 Å². The zero-order chi connectivity index (χ0) is 19.8. The number of likely N-dealkylation sites (tertiary alicyclic amines) is 1. The Morgan fingerprint density at radius 1 is 1.03 bits per heavy atom. The molecule has 3 nitrogen and oxygen atoms in total. The smallest absolute Gasteiger partial charge is 0.230 e. The van der Waals surface area contributed by atoms with Crippen molar-refractivity contribution in [3.05, 3.63) is 64.7 Å². The number of fused-ring (bicyclic) bond motifs is 1. The lowest BCUT2D eigenvalue weighted by Crippen LogP contribution is -2.49. The highest BCUT2D eigenvalue weighted by Crippen LogP contribution is 2.44. The summed E-state index contributed by atoms with van der Waals surface area (Å²) < 4.78 is 0. The molecular formula is C25H29ClN2O. The molecule has 0 N–H and O–H groups in total. The minimum atomic E-state index is 0.176. The molecule has 1 aliphatic carbocycles. The summed E-state index contributed by atoms with van der Waals surface area (Å²) in [5, 5.41) is 0.789. The fourth-order valence-corrected chi connectivity index (χ4v) is 5.80. The fourth-order valence-electron chi connectivity index (χ4n) is 5.68. The second-order valence-corrected chi connectivity index (χ2v) is 9.73. The molecule has 4 heteroatoms. The van der Waals surface area contributed by atoms with Gasteiger partial charge in [0.1, 0.15) is 0 Å². The van der Waals surface area contributed by atoms with E-state index in [0.29, 0.717) is 5.91 Å². The molecule has 0 bridgehead atoms. The lowest BCUT2D eigenvalue weighted by atomic mass is 9.76. The molecule has 1 atom stereocenters. The average Bonchev–Trinajstić information content (AvgIpc) is 3.39. The number of carbonyl (C=O) groups excluding carboxylic acids is 1. The van der Waals surface area contributed by atoms with Gasteiger partial charge in [-0.15, -0.1) is 0 Å². The molecule has 2 aromatic rings. The summed E-state index contributed by atoms with van der Waals surface area (Å²) in [6.07, 6.45) is 6.76. The highest BCUT2D eigenvalue weighted by atomic mass is 35.5. The maximum absolute atomic E-state index is 13.4. The van der Waals surface area contributed by atoms with Crippen molar-refractivity contribution in [2.75, 3.05) is 24.5 Å². The summed E-state index contributed by atoms with van der Waals surface area (Å²) in [4.78, 5) is 18.1. The van der Waals surface area contributed by atoms with E-state index in [1.165, 1.54) is 24.0 Å². The van der Waals surface area contributed by atoms with Crippen LogP contribution in [0.4, 0.5) is 5.69 Å². The first-order valence-electron chi connectivity index (χ1n) is 11.0. The van der Waals surface area contributed by atoms with Crippen LogP contribution < -0.4 is 4.90 Å². The van der Waals surface area contributed by atoms with E-state index < -0.39 is 0 Å². The Bertz CT molecular complexity index is 890. The summed E-state index contributed by atoms with van der Waals surface area (Å²) in [7, 11) is 0. The number of benzene rings is 2. The van der Waals surface area contributed by atoms with E-state index in [-0.39, 0.29) is 11.3 Å². The summed E-state index contributed by atoms with van der Waals surface area (Å²) in [6, 6.07) is 16.8. The molecule has 3 aliphatic rings. The summed E-state index contributed by atoms with van der Waals surface area (Å²) in [5.74, 6) is 0.593. The number of halogens is 1. The standard InChI is InChI=1S/C25H29ClN2O/c26-22-11-9-19(10-12-22)16-27-14-13-25(17-27)15-21-7-3-4-8-23(21)28(18-25)24(29)20-5-1-2-6-20/h3-4,7-12,20H,1-2,5-6,13-18H2. The van der Waals surface area contributed by atoms with Crippen LogP contribution in [0.1, 0.15) is 43.2 Å². The van der Waals surface area contributed by atoms with E-state index in [1.54, 1.807) is 0 Å². The predicted octanol–water partition coefficient (Wildman–Crippen LogP) is 5.31. The van der Waals surface area contributed by atoms with Crippen molar-refractivity contribution in [1.82, 2.24) is 4.90 Å². The number of carbonyl (C=O) groups is 1. The molecule has 29 heavy (non-hydrogen) atoms. The fraction of sp³-hybridized carbons (Fsp3) is 0.480. The number of hydrogen-bond donors (Lipinski definition) is 0. The first-order valence-corrected chi connectivity index (χ1v) is 11.4. The summed E-state index contributed by atoms with van der Waals surface area (Å²) in [5.41, 5.74) is 3.99. The quantitative estimate of drug-likeness (QED) is 0.686. The second kappa shape index (κ2) is 7.77. The van der Waals surface area contributed by atoms with Gasteiger partial charge < -0.3 is 4.90 Å². The van der Waals surface area contributed by atoms with Crippen LogP contribution in [0.5, 0.6) is 0 Å². The molecule has 1 spiro atoms. The van der Waals surface area contributed by atoms with E-state index in [4.69, 9.17) is 11.6 Å². The van der Waals surface area contributed by atoms with Crippen molar-refractivity contribution in [3.8, 4) is 0 Å². The van der Waals surface area contributed by atoms with Crippen LogP contribution >= 0.6 is 11.6 Å². The van der Waals surface area contributed by atoms with Gasteiger partial charge in [0, 0.05) is 41.7 Å². The lowest BCUT2D eigenvalue weighted by Gasteiger charge is -2.42. The lowest BCUT2D eigenvalue weighted by molar-refractivity contribution is -0.122. The number of amides is 1. The molecule has 2 fully saturated rings. The molecular weight excluding hydrogens is 380 g/mol. The number of nitrogens with zero attached hydrogens (tertiary/aromatic N) is 2. The van der Waals surface area contributed by atoms with Gasteiger partial charge in [-0.25, -0.2) is 0 Å². The van der Waals surface area contributed by atoms with Crippen molar-refractivity contribution in [3.63, 3.8) is 0 Å². The third-order valence-corrected chi connectivity index (χ3v) is 7.40. The minimum Gasteiger partial charge on any atom is -0.311 e. The molecule has 152 valence electrons.